The molecule has 1 rings (SSSR count). The van der Waals surface area contributed by atoms with Crippen molar-refractivity contribution >= 4 is 5.97 Å². The van der Waals surface area contributed by atoms with Crippen LogP contribution in [0.15, 0.2) is 24.3 Å². The van der Waals surface area contributed by atoms with E-state index in [1.54, 1.807) is 12.1 Å². The second-order valence-electron chi connectivity index (χ2n) is 3.40. The van der Waals surface area contributed by atoms with Crippen LogP contribution in [0, 0.1) is 6.92 Å². The number of benzene rings is 1. The summed E-state index contributed by atoms with van der Waals surface area (Å²) in [7, 11) is 0. The summed E-state index contributed by atoms with van der Waals surface area (Å²) in [4.78, 5) is 11.1. The molecule has 1 N–H and O–H groups in total. The molecular weight excluding hydrogens is 208 g/mol. The molecule has 0 heterocycles. The van der Waals surface area contributed by atoms with Gasteiger partial charge in [-0.15, -0.1) is 0 Å². The Morgan fingerprint density at radius 2 is 2.00 bits per heavy atom. The lowest BCUT2D eigenvalue weighted by Gasteiger charge is -2.06. The van der Waals surface area contributed by atoms with Crippen LogP contribution in [0.3, 0.4) is 0 Å². The van der Waals surface area contributed by atoms with Gasteiger partial charge in [-0.25, -0.2) is 4.79 Å². The molecule has 0 saturated heterocycles. The zero-order chi connectivity index (χ0) is 11.8. The number of hydrogen-bond acceptors (Lipinski definition) is 4. The fourth-order valence-corrected chi connectivity index (χ4v) is 1.07. The molecule has 16 heavy (non-hydrogen) atoms. The summed E-state index contributed by atoms with van der Waals surface area (Å²) in [6.45, 7) is 2.13. The summed E-state index contributed by atoms with van der Waals surface area (Å²) in [6, 6.07) is 7.42. The summed E-state index contributed by atoms with van der Waals surface area (Å²) < 4.78 is 10.0. The standard InChI is InChI=1S/C12H16O4/c1-10-3-5-11(6-4-10)16-9-12(14)15-8-2-7-13/h3-6,13H,2,7-9H2,1H3. The average Bonchev–Trinajstić information content (AvgIpc) is 2.29. The number of rotatable bonds is 6. The maximum atomic E-state index is 11.1. The number of aliphatic hydroxyl groups excluding tert-OH is 1. The Kier molecular flexibility index (Phi) is 5.36. The molecule has 1 aromatic carbocycles. The summed E-state index contributed by atoms with van der Waals surface area (Å²) in [5.74, 6) is 0.221. The number of carbonyl (C=O) groups is 1. The van der Waals surface area contributed by atoms with E-state index in [2.05, 4.69) is 0 Å². The van der Waals surface area contributed by atoms with Gasteiger partial charge in [-0.05, 0) is 19.1 Å². The minimum atomic E-state index is -0.422. The van der Waals surface area contributed by atoms with Gasteiger partial charge >= 0.3 is 5.97 Å². The summed E-state index contributed by atoms with van der Waals surface area (Å²) in [5, 5.41) is 8.49. The van der Waals surface area contributed by atoms with Crippen molar-refractivity contribution in [3.8, 4) is 5.75 Å². The van der Waals surface area contributed by atoms with E-state index in [4.69, 9.17) is 14.6 Å². The molecule has 4 nitrogen and oxygen atoms in total. The van der Waals surface area contributed by atoms with Crippen LogP contribution >= 0.6 is 0 Å². The van der Waals surface area contributed by atoms with Crippen molar-refractivity contribution in [1.82, 2.24) is 0 Å². The van der Waals surface area contributed by atoms with Crippen molar-refractivity contribution in [1.29, 1.82) is 0 Å². The average molecular weight is 224 g/mol. The third-order valence-corrected chi connectivity index (χ3v) is 1.94. The van der Waals surface area contributed by atoms with Crippen molar-refractivity contribution in [3.63, 3.8) is 0 Å². The van der Waals surface area contributed by atoms with Crippen LogP contribution in [0.2, 0.25) is 0 Å². The molecule has 4 heteroatoms. The van der Waals surface area contributed by atoms with Crippen LogP contribution in [0.25, 0.3) is 0 Å². The van der Waals surface area contributed by atoms with Gasteiger partial charge < -0.3 is 14.6 Å². The van der Waals surface area contributed by atoms with Crippen molar-refractivity contribution in [2.75, 3.05) is 19.8 Å². The lowest BCUT2D eigenvalue weighted by molar-refractivity contribution is -0.146. The molecule has 0 fully saturated rings. The molecule has 0 bridgehead atoms. The predicted molar refractivity (Wildman–Crippen MR) is 59.3 cm³/mol. The zero-order valence-corrected chi connectivity index (χ0v) is 9.31. The van der Waals surface area contributed by atoms with Crippen molar-refractivity contribution < 1.29 is 19.4 Å². The fourth-order valence-electron chi connectivity index (χ4n) is 1.07. The van der Waals surface area contributed by atoms with Gasteiger partial charge in [-0.1, -0.05) is 17.7 Å². The fraction of sp³-hybridized carbons (Fsp3) is 0.417. The monoisotopic (exact) mass is 224 g/mol. The second-order valence-corrected chi connectivity index (χ2v) is 3.40. The topological polar surface area (TPSA) is 55.8 Å². The lowest BCUT2D eigenvalue weighted by atomic mass is 10.2. The van der Waals surface area contributed by atoms with Gasteiger partial charge in [-0.2, -0.15) is 0 Å². The molecule has 0 aliphatic heterocycles. The highest BCUT2D eigenvalue weighted by Crippen LogP contribution is 2.11. The molecule has 0 aromatic heterocycles. The van der Waals surface area contributed by atoms with Gasteiger partial charge in [0.1, 0.15) is 5.75 Å². The number of hydrogen-bond donors (Lipinski definition) is 1. The van der Waals surface area contributed by atoms with E-state index in [1.807, 2.05) is 19.1 Å². The molecule has 88 valence electrons. The normalized spacial score (nSPS) is 9.88. The van der Waals surface area contributed by atoms with E-state index >= 15 is 0 Å². The van der Waals surface area contributed by atoms with Crippen molar-refractivity contribution in [2.24, 2.45) is 0 Å². The maximum Gasteiger partial charge on any atom is 0.344 e. The van der Waals surface area contributed by atoms with E-state index < -0.39 is 5.97 Å². The largest absolute Gasteiger partial charge is 0.482 e. The second kappa shape index (κ2) is 6.85. The number of aliphatic hydroxyl groups is 1. The minimum absolute atomic E-state index is 0.0199. The number of carbonyl (C=O) groups excluding carboxylic acids is 1. The summed E-state index contributed by atoms with van der Waals surface area (Å²) in [6.07, 6.45) is 0.455. The van der Waals surface area contributed by atoms with Gasteiger partial charge in [-0.3, -0.25) is 0 Å². The molecule has 1 aromatic rings. The van der Waals surface area contributed by atoms with Crippen LogP contribution in [0.1, 0.15) is 12.0 Å². The molecule has 0 unspecified atom stereocenters. The molecule has 0 amide bonds. The minimum Gasteiger partial charge on any atom is -0.482 e. The molecular formula is C12H16O4. The first-order valence-corrected chi connectivity index (χ1v) is 5.18. The molecule has 0 aliphatic carbocycles. The third kappa shape index (κ3) is 4.79. The van der Waals surface area contributed by atoms with Crippen LogP contribution in [0.5, 0.6) is 5.75 Å². The summed E-state index contributed by atoms with van der Waals surface area (Å²) in [5.41, 5.74) is 1.14. The first-order chi connectivity index (χ1) is 7.72. The molecule has 0 saturated carbocycles. The SMILES string of the molecule is Cc1ccc(OCC(=O)OCCCO)cc1. The number of esters is 1. The number of aryl methyl sites for hydroxylation is 1. The van der Waals surface area contributed by atoms with Crippen LogP contribution in [-0.4, -0.2) is 30.9 Å². The number of ether oxygens (including phenoxy) is 2. The van der Waals surface area contributed by atoms with Crippen LogP contribution in [-0.2, 0) is 9.53 Å². The zero-order valence-electron chi connectivity index (χ0n) is 9.31. The maximum absolute atomic E-state index is 11.1. The van der Waals surface area contributed by atoms with E-state index in [1.165, 1.54) is 0 Å². The quantitative estimate of drug-likeness (QED) is 0.584. The van der Waals surface area contributed by atoms with Gasteiger partial charge in [0.15, 0.2) is 6.61 Å². The van der Waals surface area contributed by atoms with Crippen molar-refractivity contribution in [2.45, 2.75) is 13.3 Å². The van der Waals surface area contributed by atoms with E-state index in [9.17, 15) is 4.79 Å². The highest BCUT2D eigenvalue weighted by atomic mass is 16.6. The van der Waals surface area contributed by atoms with Gasteiger partial charge in [0.05, 0.1) is 6.61 Å². The smallest absolute Gasteiger partial charge is 0.344 e. The molecule has 0 atom stereocenters. The van der Waals surface area contributed by atoms with E-state index in [-0.39, 0.29) is 19.8 Å². The first-order valence-electron chi connectivity index (χ1n) is 5.18. The molecule has 0 spiro atoms. The Morgan fingerprint density at radius 1 is 1.31 bits per heavy atom. The predicted octanol–water partition coefficient (Wildman–Crippen LogP) is 1.30. The highest BCUT2D eigenvalue weighted by molar-refractivity contribution is 5.71. The van der Waals surface area contributed by atoms with Crippen LogP contribution in [0.4, 0.5) is 0 Å². The Balaban J connectivity index is 2.23. The van der Waals surface area contributed by atoms with Gasteiger partial charge in [0.25, 0.3) is 0 Å². The Bertz CT molecular complexity index is 318. The Labute approximate surface area is 94.8 Å². The highest BCUT2D eigenvalue weighted by Gasteiger charge is 2.03. The van der Waals surface area contributed by atoms with Gasteiger partial charge in [0, 0.05) is 13.0 Å². The first kappa shape index (κ1) is 12.5. The Morgan fingerprint density at radius 3 is 2.62 bits per heavy atom. The lowest BCUT2D eigenvalue weighted by Crippen LogP contribution is -2.15. The van der Waals surface area contributed by atoms with Crippen LogP contribution < -0.4 is 4.74 Å². The summed E-state index contributed by atoms with van der Waals surface area (Å²) >= 11 is 0. The Hall–Kier alpha value is -1.55. The van der Waals surface area contributed by atoms with E-state index in [0.29, 0.717) is 12.2 Å². The van der Waals surface area contributed by atoms with E-state index in [0.717, 1.165) is 5.56 Å². The molecule has 0 radical (unpaired) electrons. The van der Waals surface area contributed by atoms with Crippen molar-refractivity contribution in [3.05, 3.63) is 29.8 Å². The molecule has 0 aliphatic rings. The third-order valence-electron chi connectivity index (χ3n) is 1.94. The van der Waals surface area contributed by atoms with Gasteiger partial charge in [0.2, 0.25) is 0 Å².